The van der Waals surface area contributed by atoms with Crippen molar-refractivity contribution < 1.29 is 36.7 Å². The smallest absolute Gasteiger partial charge is 0.259 e. The molecule has 3 amide bonds. The normalized spacial score (nSPS) is 31.2. The third kappa shape index (κ3) is 6.64. The van der Waals surface area contributed by atoms with Crippen molar-refractivity contribution in [3.63, 3.8) is 0 Å². The lowest BCUT2D eigenvalue weighted by Crippen LogP contribution is -2.57. The van der Waals surface area contributed by atoms with E-state index in [1.165, 1.54) is 0 Å². The Balaban J connectivity index is 1.17. The maximum atomic E-state index is 14.3. The van der Waals surface area contributed by atoms with Gasteiger partial charge in [-0.15, -0.1) is 0 Å². The minimum Gasteiger partial charge on any atom is -0.489 e. The highest BCUT2D eigenvalue weighted by Crippen LogP contribution is 2.48. The van der Waals surface area contributed by atoms with Crippen LogP contribution in [0.3, 0.4) is 0 Å². The third-order valence-electron chi connectivity index (χ3n) is 11.7. The van der Waals surface area contributed by atoms with Gasteiger partial charge in [0.1, 0.15) is 35.7 Å². The summed E-state index contributed by atoms with van der Waals surface area (Å²) in [6, 6.07) is 4.82. The van der Waals surface area contributed by atoms with Gasteiger partial charge in [0.15, 0.2) is 5.75 Å². The fourth-order valence-corrected chi connectivity index (χ4v) is 9.44. The number of amides is 3. The second kappa shape index (κ2) is 13.6. The molecule has 2 aliphatic carbocycles. The van der Waals surface area contributed by atoms with E-state index in [1.54, 1.807) is 11.1 Å². The number of nitrogens with one attached hydrogen (secondary N) is 2. The van der Waals surface area contributed by atoms with E-state index in [1.807, 2.05) is 37.4 Å². The molecule has 2 saturated carbocycles. The molecule has 14 heteroatoms. The molecular weight excluding hydrogens is 677 g/mol. The topological polar surface area (TPSA) is 147 Å². The molecule has 1 aromatic heterocycles. The Bertz CT molecular complexity index is 1850. The highest BCUT2D eigenvalue weighted by Gasteiger charge is 2.64. The van der Waals surface area contributed by atoms with Gasteiger partial charge in [0.25, 0.3) is 5.91 Å². The summed E-state index contributed by atoms with van der Waals surface area (Å²) in [6.45, 7) is 4.61. The van der Waals surface area contributed by atoms with E-state index >= 15 is 0 Å². The van der Waals surface area contributed by atoms with Crippen molar-refractivity contribution in [3.05, 3.63) is 36.5 Å². The summed E-state index contributed by atoms with van der Waals surface area (Å²) in [4.78, 5) is 50.3. The van der Waals surface area contributed by atoms with Crippen LogP contribution in [-0.2, 0) is 24.4 Å². The average Bonchev–Trinajstić information content (AvgIpc) is 4.01. The molecule has 0 bridgehead atoms. The van der Waals surface area contributed by atoms with Crippen molar-refractivity contribution in [1.82, 2.24) is 19.9 Å². The number of sulfonamides is 1. The van der Waals surface area contributed by atoms with Crippen LogP contribution in [0, 0.1) is 17.8 Å². The largest absolute Gasteiger partial charge is 0.489 e. The van der Waals surface area contributed by atoms with Crippen LogP contribution in [0.2, 0.25) is 0 Å². The summed E-state index contributed by atoms with van der Waals surface area (Å²) in [7, 11) is -2.30. The lowest BCUT2D eigenvalue weighted by molar-refractivity contribution is -0.140. The maximum absolute atomic E-state index is 14.3. The Morgan fingerprint density at radius 3 is 2.75 bits per heavy atom. The number of halogens is 1. The van der Waals surface area contributed by atoms with Gasteiger partial charge in [-0.05, 0) is 68.6 Å². The summed E-state index contributed by atoms with van der Waals surface area (Å²) in [5, 5.41) is 4.48. The van der Waals surface area contributed by atoms with E-state index in [0.717, 1.165) is 54.4 Å². The second-order valence-electron chi connectivity index (χ2n) is 15.3. The molecule has 3 fully saturated rings. The van der Waals surface area contributed by atoms with Crippen molar-refractivity contribution in [1.29, 1.82) is 0 Å². The number of fused-ring (bicyclic) bond motifs is 5. The van der Waals surface area contributed by atoms with E-state index in [4.69, 9.17) is 9.47 Å². The number of hydrogen-bond acceptors (Lipinski definition) is 9. The van der Waals surface area contributed by atoms with Crippen molar-refractivity contribution >= 4 is 44.2 Å². The number of alkyl halides is 1. The van der Waals surface area contributed by atoms with Gasteiger partial charge >= 0.3 is 0 Å². The van der Waals surface area contributed by atoms with Crippen LogP contribution < -0.4 is 24.4 Å². The zero-order chi connectivity index (χ0) is 36.1. The van der Waals surface area contributed by atoms with Gasteiger partial charge in [0.2, 0.25) is 27.7 Å². The van der Waals surface area contributed by atoms with Crippen LogP contribution in [-0.4, -0.2) is 91.9 Å². The number of ether oxygens (including phenoxy) is 2. The van der Waals surface area contributed by atoms with Crippen molar-refractivity contribution in [2.45, 2.75) is 94.1 Å². The van der Waals surface area contributed by atoms with E-state index < -0.39 is 56.9 Å². The number of hydrogen-bond donors (Lipinski definition) is 2. The number of aromatic nitrogens is 1. The Morgan fingerprint density at radius 2 is 2.00 bits per heavy atom. The van der Waals surface area contributed by atoms with Crippen LogP contribution >= 0.6 is 0 Å². The Hall–Kier alpha value is -3.94. The van der Waals surface area contributed by atoms with Gasteiger partial charge < -0.3 is 24.6 Å². The molecular formula is C37H48FN5O7S. The first kappa shape index (κ1) is 35.5. The Morgan fingerprint density at radius 1 is 1.20 bits per heavy atom. The number of pyridine rings is 1. The van der Waals surface area contributed by atoms with E-state index in [9.17, 15) is 27.2 Å². The zero-order valence-corrected chi connectivity index (χ0v) is 30.3. The molecule has 1 aromatic carbocycles. The molecule has 2 aromatic rings. The molecule has 2 N–H and O–H groups in total. The Kier molecular flexibility index (Phi) is 9.43. The summed E-state index contributed by atoms with van der Waals surface area (Å²) < 4.78 is 53.0. The molecule has 5 aliphatic rings. The highest BCUT2D eigenvalue weighted by atomic mass is 32.2. The number of allylic oxidation sites excluding steroid dienone is 1. The molecule has 0 unspecified atom stereocenters. The molecule has 4 heterocycles. The van der Waals surface area contributed by atoms with Crippen LogP contribution in [0.4, 0.5) is 10.1 Å². The first-order valence-corrected chi connectivity index (χ1v) is 19.7. The first-order chi connectivity index (χ1) is 24.4. The van der Waals surface area contributed by atoms with Gasteiger partial charge in [-0.2, -0.15) is 0 Å². The number of rotatable bonds is 7. The van der Waals surface area contributed by atoms with Gasteiger partial charge in [-0.3, -0.25) is 19.1 Å². The number of likely N-dealkylation sites (N-methyl/N-ethyl adjacent to an activating group) is 1. The summed E-state index contributed by atoms with van der Waals surface area (Å²) in [6.07, 6.45) is 9.11. The molecule has 0 spiro atoms. The first-order valence-electron chi connectivity index (χ1n) is 18.2. The van der Waals surface area contributed by atoms with Crippen LogP contribution in [0.15, 0.2) is 36.5 Å². The van der Waals surface area contributed by atoms with E-state index in [-0.39, 0.29) is 50.5 Å². The monoisotopic (exact) mass is 725 g/mol. The molecule has 7 rings (SSSR count). The lowest BCUT2D eigenvalue weighted by Gasteiger charge is -2.29. The maximum Gasteiger partial charge on any atom is 0.259 e. The van der Waals surface area contributed by atoms with E-state index in [0.29, 0.717) is 18.4 Å². The fourth-order valence-electron chi connectivity index (χ4n) is 8.01. The zero-order valence-electron chi connectivity index (χ0n) is 29.5. The van der Waals surface area contributed by atoms with Crippen molar-refractivity contribution in [2.75, 3.05) is 38.3 Å². The van der Waals surface area contributed by atoms with E-state index in [2.05, 4.69) is 33.8 Å². The molecule has 3 aliphatic heterocycles. The molecule has 6 atom stereocenters. The minimum atomic E-state index is -4.31. The predicted molar refractivity (Wildman–Crippen MR) is 190 cm³/mol. The summed E-state index contributed by atoms with van der Waals surface area (Å²) >= 11 is 0. The SMILES string of the molecule is CC[C@H]1CC(=O)N2C[C@H](Oc3nccc4c5c(ccc34)N(C)CCO5)C[C@H]2C(=O)N[C@]2(C(=O)NS(=O)(=O)C3(CF)CC3)C[C@H]2/C=C\CC[C@@H](C)C1. The molecule has 0 radical (unpaired) electrons. The average molecular weight is 726 g/mol. The van der Waals surface area contributed by atoms with Crippen LogP contribution in [0.25, 0.3) is 10.8 Å². The second-order valence-corrected chi connectivity index (χ2v) is 17.4. The number of carbonyl (C=O) groups excluding carboxylic acids is 3. The quantitative estimate of drug-likeness (QED) is 0.404. The highest BCUT2D eigenvalue weighted by molar-refractivity contribution is 7.91. The molecule has 12 nitrogen and oxygen atoms in total. The standard InChI is InChI=1S/C37H48FN5O7S/c1-4-24-17-23(2)7-5-6-8-25-20-37(25,35(46)41-51(47,48)36(22-38)12-13-36)40-33(45)30-19-26(21-43(30)31(44)18-24)50-34-28-9-10-29-32(27(28)11-14-39-34)49-16-15-42(29)3/h6,8-11,14,23-26,30H,4-5,7,12-13,15-22H2,1-3H3,(H,40,45)(H,41,46)/b8-6-/t23-,24-,25-,26-,30+,37-/m1/s1. The molecule has 51 heavy (non-hydrogen) atoms. The molecule has 1 saturated heterocycles. The van der Waals surface area contributed by atoms with Crippen LogP contribution in [0.1, 0.15) is 71.6 Å². The third-order valence-corrected chi connectivity index (χ3v) is 13.8. The van der Waals surface area contributed by atoms with Gasteiger partial charge in [-0.25, -0.2) is 17.8 Å². The van der Waals surface area contributed by atoms with Gasteiger partial charge in [-0.1, -0.05) is 32.4 Å². The lowest BCUT2D eigenvalue weighted by atomic mass is 9.88. The summed E-state index contributed by atoms with van der Waals surface area (Å²) in [5.74, 6) is -0.464. The molecule has 276 valence electrons. The van der Waals surface area contributed by atoms with Gasteiger partial charge in [0.05, 0.1) is 18.8 Å². The van der Waals surface area contributed by atoms with Gasteiger partial charge in [0, 0.05) is 42.8 Å². The predicted octanol–water partition coefficient (Wildman–Crippen LogP) is 4.03. The van der Waals surface area contributed by atoms with Crippen molar-refractivity contribution in [3.8, 4) is 11.6 Å². The van der Waals surface area contributed by atoms with Crippen molar-refractivity contribution in [2.24, 2.45) is 17.8 Å². The number of carbonyl (C=O) groups is 3. The number of anilines is 1. The number of benzene rings is 1. The van der Waals surface area contributed by atoms with Crippen LogP contribution in [0.5, 0.6) is 11.6 Å². The number of nitrogens with zero attached hydrogens (tertiary/aromatic N) is 3. The Labute approximate surface area is 298 Å². The fraction of sp³-hybridized carbons (Fsp3) is 0.622. The minimum absolute atomic E-state index is 0.129. The summed E-state index contributed by atoms with van der Waals surface area (Å²) in [5.41, 5.74) is -0.572.